The summed E-state index contributed by atoms with van der Waals surface area (Å²) in [5.74, 6) is 0.562. The van der Waals surface area contributed by atoms with Crippen LogP contribution in [0, 0.1) is 21.4 Å². The second-order valence-corrected chi connectivity index (χ2v) is 8.84. The van der Waals surface area contributed by atoms with Crippen LogP contribution in [0.4, 0.5) is 11.4 Å². The standard InChI is InChI=1S/C22H30N4O4/c27-20(8-11-23-18-6-2-3-7-19(18)26(29)30)24-14-9-22(10-15-24)16-17(22)21(28)25-12-4-1-5-13-25/h2-3,6-7,17,23H,1,4-5,8-16H2. The van der Waals surface area contributed by atoms with Crippen LogP contribution in [0.25, 0.3) is 0 Å². The maximum absolute atomic E-state index is 12.8. The summed E-state index contributed by atoms with van der Waals surface area (Å²) >= 11 is 0. The van der Waals surface area contributed by atoms with Crippen molar-refractivity contribution in [2.45, 2.75) is 44.9 Å². The third kappa shape index (κ3) is 4.27. The number of para-hydroxylation sites is 2. The van der Waals surface area contributed by atoms with Gasteiger partial charge in [-0.05, 0) is 50.0 Å². The average Bonchev–Trinajstić information content (AvgIpc) is 3.47. The minimum Gasteiger partial charge on any atom is -0.379 e. The van der Waals surface area contributed by atoms with Gasteiger partial charge < -0.3 is 15.1 Å². The number of piperidine rings is 2. The van der Waals surface area contributed by atoms with Crippen molar-refractivity contribution in [2.75, 3.05) is 38.0 Å². The van der Waals surface area contributed by atoms with Crippen LogP contribution in [0.2, 0.25) is 0 Å². The smallest absolute Gasteiger partial charge is 0.292 e. The normalized spacial score (nSPS) is 22.6. The first-order chi connectivity index (χ1) is 14.5. The number of benzene rings is 1. The molecule has 1 N–H and O–H groups in total. The van der Waals surface area contributed by atoms with Crippen LogP contribution in [0.15, 0.2) is 24.3 Å². The van der Waals surface area contributed by atoms with Gasteiger partial charge in [-0.25, -0.2) is 0 Å². The molecule has 1 aromatic carbocycles. The van der Waals surface area contributed by atoms with E-state index in [1.807, 2.05) is 4.90 Å². The molecular formula is C22H30N4O4. The lowest BCUT2D eigenvalue weighted by Crippen LogP contribution is -2.42. The molecule has 4 rings (SSSR count). The van der Waals surface area contributed by atoms with Gasteiger partial charge in [0.05, 0.1) is 4.92 Å². The summed E-state index contributed by atoms with van der Waals surface area (Å²) in [6.07, 6.45) is 6.55. The van der Waals surface area contributed by atoms with Crippen LogP contribution in [-0.4, -0.2) is 59.3 Å². The SMILES string of the molecule is O=C(CCNc1ccccc1[N+](=O)[O-])N1CCC2(CC1)CC2C(=O)N1CCCCC1. The fourth-order valence-corrected chi connectivity index (χ4v) is 5.03. The van der Waals surface area contributed by atoms with Crippen LogP contribution in [0.3, 0.4) is 0 Å². The molecule has 1 spiro atoms. The van der Waals surface area contributed by atoms with Gasteiger partial charge in [-0.3, -0.25) is 19.7 Å². The van der Waals surface area contributed by atoms with Crippen molar-refractivity contribution >= 4 is 23.2 Å². The number of carbonyl (C=O) groups excluding carboxylic acids is 2. The maximum Gasteiger partial charge on any atom is 0.292 e. The lowest BCUT2D eigenvalue weighted by Gasteiger charge is -2.34. The van der Waals surface area contributed by atoms with Gasteiger partial charge in [-0.2, -0.15) is 0 Å². The number of carbonyl (C=O) groups is 2. The second kappa shape index (κ2) is 8.62. The van der Waals surface area contributed by atoms with Gasteiger partial charge in [0.15, 0.2) is 0 Å². The lowest BCUT2D eigenvalue weighted by atomic mass is 9.90. The number of nitrogens with one attached hydrogen (secondary N) is 1. The number of nitrogens with zero attached hydrogens (tertiary/aromatic N) is 3. The molecule has 0 bridgehead atoms. The van der Waals surface area contributed by atoms with Crippen molar-refractivity contribution in [3.8, 4) is 0 Å². The number of hydrogen-bond donors (Lipinski definition) is 1. The fourth-order valence-electron chi connectivity index (χ4n) is 5.03. The van der Waals surface area contributed by atoms with Crippen LogP contribution in [0.1, 0.15) is 44.9 Å². The molecule has 30 heavy (non-hydrogen) atoms. The Labute approximate surface area is 176 Å². The largest absolute Gasteiger partial charge is 0.379 e. The van der Waals surface area contributed by atoms with E-state index < -0.39 is 4.92 Å². The molecule has 3 fully saturated rings. The van der Waals surface area contributed by atoms with Crippen molar-refractivity contribution in [1.29, 1.82) is 0 Å². The van der Waals surface area contributed by atoms with Gasteiger partial charge in [-0.15, -0.1) is 0 Å². The van der Waals surface area contributed by atoms with Gasteiger partial charge in [0, 0.05) is 51.1 Å². The Hall–Kier alpha value is -2.64. The Bertz CT molecular complexity index is 813. The van der Waals surface area contributed by atoms with E-state index >= 15 is 0 Å². The molecule has 1 atom stereocenters. The Balaban J connectivity index is 1.22. The van der Waals surface area contributed by atoms with Crippen molar-refractivity contribution in [3.05, 3.63) is 34.4 Å². The summed E-state index contributed by atoms with van der Waals surface area (Å²) in [6, 6.07) is 6.46. The molecule has 1 unspecified atom stereocenters. The Morgan fingerprint density at radius 1 is 1.07 bits per heavy atom. The summed E-state index contributed by atoms with van der Waals surface area (Å²) < 4.78 is 0. The molecule has 162 valence electrons. The quantitative estimate of drug-likeness (QED) is 0.570. The third-order valence-corrected chi connectivity index (χ3v) is 7.02. The third-order valence-electron chi connectivity index (χ3n) is 7.02. The van der Waals surface area contributed by atoms with E-state index in [2.05, 4.69) is 10.2 Å². The Morgan fingerprint density at radius 2 is 1.77 bits per heavy atom. The van der Waals surface area contributed by atoms with Crippen LogP contribution >= 0.6 is 0 Å². The number of amides is 2. The molecule has 8 nitrogen and oxygen atoms in total. The van der Waals surface area contributed by atoms with E-state index in [1.165, 1.54) is 12.5 Å². The number of likely N-dealkylation sites (tertiary alicyclic amines) is 2. The van der Waals surface area contributed by atoms with Gasteiger partial charge in [0.25, 0.3) is 5.69 Å². The first kappa shape index (κ1) is 20.6. The summed E-state index contributed by atoms with van der Waals surface area (Å²) in [7, 11) is 0. The van der Waals surface area contributed by atoms with Crippen LogP contribution in [0.5, 0.6) is 0 Å². The minimum atomic E-state index is -0.425. The summed E-state index contributed by atoms with van der Waals surface area (Å²) in [4.78, 5) is 39.9. The van der Waals surface area contributed by atoms with E-state index in [0.29, 0.717) is 37.6 Å². The van der Waals surface area contributed by atoms with Crippen LogP contribution < -0.4 is 5.32 Å². The highest BCUT2D eigenvalue weighted by Gasteiger charge is 2.59. The minimum absolute atomic E-state index is 0.0167. The zero-order chi connectivity index (χ0) is 21.1. The van der Waals surface area contributed by atoms with Crippen molar-refractivity contribution in [3.63, 3.8) is 0 Å². The number of nitro groups is 1. The summed E-state index contributed by atoms with van der Waals surface area (Å²) in [5.41, 5.74) is 0.571. The predicted octanol–water partition coefficient (Wildman–Crippen LogP) is 3.04. The van der Waals surface area contributed by atoms with E-state index in [1.54, 1.807) is 18.2 Å². The highest BCUT2D eigenvalue weighted by Crippen LogP contribution is 2.60. The zero-order valence-electron chi connectivity index (χ0n) is 17.3. The topological polar surface area (TPSA) is 95.8 Å². The summed E-state index contributed by atoms with van der Waals surface area (Å²) in [5, 5.41) is 14.1. The number of nitro benzene ring substituents is 1. The first-order valence-electron chi connectivity index (χ1n) is 11.0. The fraction of sp³-hybridized carbons (Fsp3) is 0.636. The zero-order valence-corrected chi connectivity index (χ0v) is 17.3. The van der Waals surface area contributed by atoms with E-state index in [4.69, 9.17) is 0 Å². The van der Waals surface area contributed by atoms with E-state index in [-0.39, 0.29) is 22.9 Å². The molecule has 2 aliphatic heterocycles. The van der Waals surface area contributed by atoms with Crippen molar-refractivity contribution < 1.29 is 14.5 Å². The summed E-state index contributed by atoms with van der Waals surface area (Å²) in [6.45, 7) is 3.58. The van der Waals surface area contributed by atoms with Crippen molar-refractivity contribution in [2.24, 2.45) is 11.3 Å². The molecule has 1 aliphatic carbocycles. The van der Waals surface area contributed by atoms with Gasteiger partial charge >= 0.3 is 0 Å². The van der Waals surface area contributed by atoms with Gasteiger partial charge in [0.1, 0.15) is 5.69 Å². The average molecular weight is 415 g/mol. The Kier molecular flexibility index (Phi) is 5.92. The van der Waals surface area contributed by atoms with Gasteiger partial charge in [-0.1, -0.05) is 12.1 Å². The van der Waals surface area contributed by atoms with Crippen LogP contribution in [-0.2, 0) is 9.59 Å². The molecule has 2 saturated heterocycles. The molecule has 1 aromatic rings. The monoisotopic (exact) mass is 414 g/mol. The maximum atomic E-state index is 12.8. The predicted molar refractivity (Wildman–Crippen MR) is 113 cm³/mol. The first-order valence-corrected chi connectivity index (χ1v) is 11.0. The molecule has 2 amide bonds. The molecule has 2 heterocycles. The molecular weight excluding hydrogens is 384 g/mol. The molecule has 0 radical (unpaired) electrons. The Morgan fingerprint density at radius 3 is 2.47 bits per heavy atom. The number of rotatable bonds is 6. The molecule has 3 aliphatic rings. The molecule has 8 heteroatoms. The van der Waals surface area contributed by atoms with Gasteiger partial charge in [0.2, 0.25) is 11.8 Å². The molecule has 1 saturated carbocycles. The highest BCUT2D eigenvalue weighted by atomic mass is 16.6. The van der Waals surface area contributed by atoms with E-state index in [0.717, 1.165) is 45.2 Å². The molecule has 0 aromatic heterocycles. The van der Waals surface area contributed by atoms with E-state index in [9.17, 15) is 19.7 Å². The number of hydrogen-bond acceptors (Lipinski definition) is 5. The number of anilines is 1. The second-order valence-electron chi connectivity index (χ2n) is 8.84. The highest BCUT2D eigenvalue weighted by molar-refractivity contribution is 5.83. The lowest BCUT2D eigenvalue weighted by molar-refractivity contribution is -0.384. The van der Waals surface area contributed by atoms with Crippen molar-refractivity contribution in [1.82, 2.24) is 9.80 Å².